The van der Waals surface area contributed by atoms with E-state index in [1.165, 1.54) is 11.8 Å². The minimum atomic E-state index is -0.286. The normalized spacial score (nSPS) is 16.8. The first-order chi connectivity index (χ1) is 9.20. The highest BCUT2D eigenvalue weighted by molar-refractivity contribution is 8.18. The molecule has 5 heteroatoms. The number of amides is 1. The summed E-state index contributed by atoms with van der Waals surface area (Å²) in [5, 5.41) is 0.292. The fourth-order valence-corrected chi connectivity index (χ4v) is 2.30. The lowest BCUT2D eigenvalue weighted by Crippen LogP contribution is -2.01. The largest absolute Gasteiger partial charge is 0.493 e. The number of amidine groups is 1. The van der Waals surface area contributed by atoms with Crippen molar-refractivity contribution in [1.82, 2.24) is 0 Å². The molecule has 0 atom stereocenters. The van der Waals surface area contributed by atoms with Crippen LogP contribution in [-0.4, -0.2) is 17.7 Å². The Bertz CT molecular complexity index is 538. The lowest BCUT2D eigenvalue weighted by molar-refractivity contribution is -0.113. The topological polar surface area (TPSA) is 64.7 Å². The van der Waals surface area contributed by atoms with Gasteiger partial charge < -0.3 is 10.5 Å². The summed E-state index contributed by atoms with van der Waals surface area (Å²) in [6.07, 6.45) is 3.87. The number of hydrogen-bond acceptors (Lipinski definition) is 4. The van der Waals surface area contributed by atoms with Gasteiger partial charge in [-0.3, -0.25) is 4.79 Å². The van der Waals surface area contributed by atoms with Gasteiger partial charge in [0.15, 0.2) is 5.17 Å². The highest BCUT2D eigenvalue weighted by Crippen LogP contribution is 2.29. The molecule has 0 saturated carbocycles. The highest BCUT2D eigenvalue weighted by atomic mass is 32.2. The van der Waals surface area contributed by atoms with E-state index < -0.39 is 0 Å². The summed E-state index contributed by atoms with van der Waals surface area (Å²) in [4.78, 5) is 15.8. The summed E-state index contributed by atoms with van der Waals surface area (Å²) in [5.74, 6) is 0.494. The van der Waals surface area contributed by atoms with Crippen molar-refractivity contribution < 1.29 is 9.53 Å². The Balaban J connectivity index is 2.16. The van der Waals surface area contributed by atoms with Gasteiger partial charge in [0.05, 0.1) is 11.5 Å². The molecule has 0 radical (unpaired) electrons. The summed E-state index contributed by atoms with van der Waals surface area (Å²) < 4.78 is 5.72. The molecule has 1 heterocycles. The Kier molecular flexibility index (Phi) is 4.63. The number of nitrogens with two attached hydrogens (primary N) is 1. The molecule has 0 unspecified atom stereocenters. The number of carbonyl (C=O) groups is 1. The maximum atomic E-state index is 11.6. The first-order valence-corrected chi connectivity index (χ1v) is 7.02. The van der Waals surface area contributed by atoms with Crippen LogP contribution in [0.2, 0.25) is 0 Å². The average molecular weight is 276 g/mol. The van der Waals surface area contributed by atoms with Crippen molar-refractivity contribution in [3.63, 3.8) is 0 Å². The van der Waals surface area contributed by atoms with Crippen molar-refractivity contribution in [3.8, 4) is 5.75 Å². The summed E-state index contributed by atoms with van der Waals surface area (Å²) >= 11 is 1.19. The van der Waals surface area contributed by atoms with Crippen LogP contribution in [0.1, 0.15) is 25.3 Å². The van der Waals surface area contributed by atoms with E-state index in [0.29, 0.717) is 16.7 Å². The van der Waals surface area contributed by atoms with Crippen LogP contribution in [0.3, 0.4) is 0 Å². The molecule has 0 aliphatic carbocycles. The van der Waals surface area contributed by atoms with Crippen LogP contribution in [0.4, 0.5) is 0 Å². The third-order valence-electron chi connectivity index (χ3n) is 2.60. The van der Waals surface area contributed by atoms with E-state index in [2.05, 4.69) is 11.9 Å². The van der Waals surface area contributed by atoms with Gasteiger partial charge in [-0.05, 0) is 30.3 Å². The molecule has 1 aromatic carbocycles. The first-order valence-electron chi connectivity index (χ1n) is 6.20. The second kappa shape index (κ2) is 6.43. The maximum absolute atomic E-state index is 11.6. The predicted octanol–water partition coefficient (Wildman–Crippen LogP) is 2.79. The quantitative estimate of drug-likeness (QED) is 0.663. The molecular formula is C14H16N2O2S. The van der Waals surface area contributed by atoms with E-state index in [4.69, 9.17) is 10.5 Å². The van der Waals surface area contributed by atoms with Crippen LogP contribution in [-0.2, 0) is 4.79 Å². The zero-order chi connectivity index (χ0) is 13.7. The van der Waals surface area contributed by atoms with Gasteiger partial charge in [-0.25, -0.2) is 0 Å². The van der Waals surface area contributed by atoms with E-state index in [1.54, 1.807) is 6.08 Å². The minimum absolute atomic E-state index is 0.286. The molecule has 0 bridgehead atoms. The van der Waals surface area contributed by atoms with Gasteiger partial charge in [0.25, 0.3) is 5.91 Å². The van der Waals surface area contributed by atoms with Crippen molar-refractivity contribution in [3.05, 3.63) is 34.7 Å². The Hall–Kier alpha value is -1.75. The van der Waals surface area contributed by atoms with Crippen LogP contribution in [0.15, 0.2) is 34.2 Å². The second-order valence-electron chi connectivity index (χ2n) is 4.11. The first kappa shape index (κ1) is 13.7. The van der Waals surface area contributed by atoms with Crippen LogP contribution >= 0.6 is 11.8 Å². The Labute approximate surface area is 116 Å². The third kappa shape index (κ3) is 3.61. The SMILES string of the molecule is CCCCOc1ccccc1/C=C1\SC(N)=NC1=O. The molecule has 0 spiro atoms. The van der Waals surface area contributed by atoms with Crippen molar-refractivity contribution in [1.29, 1.82) is 0 Å². The minimum Gasteiger partial charge on any atom is -0.493 e. The van der Waals surface area contributed by atoms with Crippen molar-refractivity contribution >= 4 is 28.9 Å². The van der Waals surface area contributed by atoms with Crippen molar-refractivity contribution in [2.75, 3.05) is 6.61 Å². The lowest BCUT2D eigenvalue weighted by atomic mass is 10.2. The number of para-hydroxylation sites is 1. The van der Waals surface area contributed by atoms with Crippen LogP contribution in [0, 0.1) is 0 Å². The van der Waals surface area contributed by atoms with Gasteiger partial charge in [0.1, 0.15) is 5.75 Å². The number of aliphatic imine (C=N–C) groups is 1. The molecule has 100 valence electrons. The molecule has 0 fully saturated rings. The Morgan fingerprint density at radius 3 is 2.89 bits per heavy atom. The van der Waals surface area contributed by atoms with E-state index in [0.717, 1.165) is 24.2 Å². The monoisotopic (exact) mass is 276 g/mol. The molecule has 0 saturated heterocycles. The highest BCUT2D eigenvalue weighted by Gasteiger charge is 2.19. The number of ether oxygens (including phenoxy) is 1. The van der Waals surface area contributed by atoms with Crippen molar-refractivity contribution in [2.24, 2.45) is 10.7 Å². The van der Waals surface area contributed by atoms with Gasteiger partial charge in [-0.2, -0.15) is 4.99 Å². The van der Waals surface area contributed by atoms with Crippen LogP contribution in [0.5, 0.6) is 5.75 Å². The number of thioether (sulfide) groups is 1. The summed E-state index contributed by atoms with van der Waals surface area (Å²) in [6, 6.07) is 7.64. The van der Waals surface area contributed by atoms with Gasteiger partial charge >= 0.3 is 0 Å². The predicted molar refractivity (Wildman–Crippen MR) is 79.0 cm³/mol. The van der Waals surface area contributed by atoms with E-state index in [9.17, 15) is 4.79 Å². The molecule has 1 aliphatic rings. The fraction of sp³-hybridized carbons (Fsp3) is 0.286. The smallest absolute Gasteiger partial charge is 0.286 e. The third-order valence-corrected chi connectivity index (χ3v) is 3.41. The maximum Gasteiger partial charge on any atom is 0.286 e. The number of unbranched alkanes of at least 4 members (excludes halogenated alkanes) is 1. The van der Waals surface area contributed by atoms with Crippen LogP contribution in [0.25, 0.3) is 6.08 Å². The molecule has 1 aromatic rings. The number of nitrogens with zero attached hydrogens (tertiary/aromatic N) is 1. The molecule has 2 rings (SSSR count). The van der Waals surface area contributed by atoms with Gasteiger partial charge in [0, 0.05) is 5.56 Å². The molecule has 2 N–H and O–H groups in total. The molecule has 1 amide bonds. The second-order valence-corrected chi connectivity index (χ2v) is 5.17. The van der Waals surface area contributed by atoms with Crippen LogP contribution < -0.4 is 10.5 Å². The Morgan fingerprint density at radius 1 is 1.42 bits per heavy atom. The van der Waals surface area contributed by atoms with E-state index in [-0.39, 0.29) is 5.91 Å². The van der Waals surface area contributed by atoms with Gasteiger partial charge in [-0.1, -0.05) is 31.5 Å². The summed E-state index contributed by atoms with van der Waals surface area (Å²) in [7, 11) is 0. The number of benzene rings is 1. The van der Waals surface area contributed by atoms with Crippen molar-refractivity contribution in [2.45, 2.75) is 19.8 Å². The number of rotatable bonds is 5. The van der Waals surface area contributed by atoms with E-state index >= 15 is 0 Å². The molecule has 19 heavy (non-hydrogen) atoms. The standard InChI is InChI=1S/C14H16N2O2S/c1-2-3-8-18-11-7-5-4-6-10(11)9-12-13(17)16-14(15)19-12/h4-7,9H,2-3,8H2,1H3,(H2,15,16,17)/b12-9-. The molecule has 4 nitrogen and oxygen atoms in total. The zero-order valence-corrected chi connectivity index (χ0v) is 11.6. The summed E-state index contributed by atoms with van der Waals surface area (Å²) in [5.41, 5.74) is 6.40. The Morgan fingerprint density at radius 2 is 2.21 bits per heavy atom. The fourth-order valence-electron chi connectivity index (χ4n) is 1.62. The summed E-state index contributed by atoms with van der Waals surface area (Å²) in [6.45, 7) is 2.79. The molecule has 1 aliphatic heterocycles. The zero-order valence-electron chi connectivity index (χ0n) is 10.8. The van der Waals surface area contributed by atoms with Gasteiger partial charge in [0.2, 0.25) is 0 Å². The lowest BCUT2D eigenvalue weighted by Gasteiger charge is -2.08. The molecule has 0 aromatic heterocycles. The van der Waals surface area contributed by atoms with E-state index in [1.807, 2.05) is 24.3 Å². The number of hydrogen-bond donors (Lipinski definition) is 1. The average Bonchev–Trinajstić information content (AvgIpc) is 2.70. The molecular weight excluding hydrogens is 260 g/mol. The number of carbonyl (C=O) groups excluding carboxylic acids is 1. The van der Waals surface area contributed by atoms with Gasteiger partial charge in [-0.15, -0.1) is 0 Å².